The van der Waals surface area contributed by atoms with Gasteiger partial charge in [-0.05, 0) is 42.5 Å². The van der Waals surface area contributed by atoms with E-state index in [-0.39, 0.29) is 6.61 Å². The lowest BCUT2D eigenvalue weighted by Gasteiger charge is -2.21. The van der Waals surface area contributed by atoms with Crippen LogP contribution in [0.25, 0.3) is 0 Å². The summed E-state index contributed by atoms with van der Waals surface area (Å²) in [5, 5.41) is 8.82. The Bertz CT molecular complexity index is 495. The van der Waals surface area contributed by atoms with E-state index in [2.05, 4.69) is 11.8 Å². The van der Waals surface area contributed by atoms with E-state index in [9.17, 15) is 0 Å². The lowest BCUT2D eigenvalue weighted by molar-refractivity contribution is 0.0157. The minimum absolute atomic E-state index is 0.144. The Kier molecular flexibility index (Phi) is 6.55. The Labute approximate surface area is 126 Å². The van der Waals surface area contributed by atoms with Gasteiger partial charge in [0.25, 0.3) is 0 Å². The molecular weight excluding hydrogens is 268 g/mol. The van der Waals surface area contributed by atoms with E-state index in [0.717, 1.165) is 49.5 Å². The Balaban J connectivity index is 1.95. The predicted octanol–water partition coefficient (Wildman–Crippen LogP) is 1.98. The molecule has 0 bridgehead atoms. The van der Waals surface area contributed by atoms with Gasteiger partial charge in [0, 0.05) is 18.8 Å². The van der Waals surface area contributed by atoms with Crippen LogP contribution in [0.15, 0.2) is 18.2 Å². The molecule has 1 aromatic rings. The first-order valence-electron chi connectivity index (χ1n) is 7.25. The van der Waals surface area contributed by atoms with Gasteiger partial charge in [-0.25, -0.2) is 0 Å². The van der Waals surface area contributed by atoms with Gasteiger partial charge in [0.1, 0.15) is 12.4 Å². The van der Waals surface area contributed by atoms with Crippen LogP contribution in [0.3, 0.4) is 0 Å². The van der Waals surface area contributed by atoms with Gasteiger partial charge in [-0.15, -0.1) is 0 Å². The number of hydrogen-bond acceptors (Lipinski definition) is 4. The van der Waals surface area contributed by atoms with Gasteiger partial charge in [-0.1, -0.05) is 11.8 Å². The average Bonchev–Trinajstić information content (AvgIpc) is 2.54. The van der Waals surface area contributed by atoms with Crippen molar-refractivity contribution in [1.82, 2.24) is 0 Å². The van der Waals surface area contributed by atoms with Gasteiger partial charge < -0.3 is 19.3 Å². The third kappa shape index (κ3) is 5.05. The molecule has 0 aliphatic carbocycles. The van der Waals surface area contributed by atoms with Crippen molar-refractivity contribution in [3.8, 4) is 17.6 Å². The third-order valence-electron chi connectivity index (χ3n) is 3.57. The molecular formula is C17H22O4. The Morgan fingerprint density at radius 3 is 2.86 bits per heavy atom. The van der Waals surface area contributed by atoms with Gasteiger partial charge in [-0.3, -0.25) is 0 Å². The van der Waals surface area contributed by atoms with E-state index in [1.54, 1.807) is 7.11 Å². The average molecular weight is 290 g/mol. The summed E-state index contributed by atoms with van der Waals surface area (Å²) in [5.74, 6) is 6.99. The Hall–Kier alpha value is -1.54. The van der Waals surface area contributed by atoms with Crippen LogP contribution < -0.4 is 4.74 Å². The Morgan fingerprint density at radius 1 is 1.33 bits per heavy atom. The highest BCUT2D eigenvalue weighted by Gasteiger charge is 2.14. The van der Waals surface area contributed by atoms with E-state index in [1.807, 2.05) is 18.2 Å². The summed E-state index contributed by atoms with van der Waals surface area (Å²) in [7, 11) is 1.64. The van der Waals surface area contributed by atoms with Crippen molar-refractivity contribution < 1.29 is 19.3 Å². The normalized spacial score (nSPS) is 15.3. The van der Waals surface area contributed by atoms with Crippen LogP contribution in [0.1, 0.15) is 24.0 Å². The topological polar surface area (TPSA) is 47.9 Å². The first kappa shape index (κ1) is 15.8. The third-order valence-corrected chi connectivity index (χ3v) is 3.57. The maximum Gasteiger partial charge on any atom is 0.119 e. The summed E-state index contributed by atoms with van der Waals surface area (Å²) in [5.41, 5.74) is 1.86. The van der Waals surface area contributed by atoms with Gasteiger partial charge >= 0.3 is 0 Å². The lowest BCUT2D eigenvalue weighted by atomic mass is 10.0. The standard InChI is InChI=1S/C17H22O4/c1-19-17-5-4-15(3-2-8-18)16(11-17)13-21-12-14-6-9-20-10-7-14/h4-5,11,14,18H,6-10,12-13H2,1H3. The molecule has 1 aromatic carbocycles. The zero-order valence-electron chi connectivity index (χ0n) is 12.4. The second-order valence-corrected chi connectivity index (χ2v) is 5.05. The summed E-state index contributed by atoms with van der Waals surface area (Å²) in [6, 6.07) is 5.70. The van der Waals surface area contributed by atoms with Crippen molar-refractivity contribution >= 4 is 0 Å². The summed E-state index contributed by atoms with van der Waals surface area (Å²) in [6.07, 6.45) is 2.13. The highest BCUT2D eigenvalue weighted by Crippen LogP contribution is 2.20. The van der Waals surface area contributed by atoms with Crippen LogP contribution in [0.2, 0.25) is 0 Å². The van der Waals surface area contributed by atoms with E-state index in [4.69, 9.17) is 19.3 Å². The first-order valence-corrected chi connectivity index (χ1v) is 7.25. The lowest BCUT2D eigenvalue weighted by Crippen LogP contribution is -2.20. The molecule has 0 spiro atoms. The number of rotatable bonds is 5. The molecule has 0 aromatic heterocycles. The molecule has 1 aliphatic heterocycles. The van der Waals surface area contributed by atoms with Crippen LogP contribution in [0.5, 0.6) is 5.75 Å². The smallest absolute Gasteiger partial charge is 0.119 e. The molecule has 1 N–H and O–H groups in total. The van der Waals surface area contributed by atoms with Gasteiger partial charge in [-0.2, -0.15) is 0 Å². The number of benzene rings is 1. The molecule has 2 rings (SSSR count). The predicted molar refractivity (Wildman–Crippen MR) is 80.2 cm³/mol. The molecule has 0 radical (unpaired) electrons. The van der Waals surface area contributed by atoms with Crippen molar-refractivity contribution in [2.75, 3.05) is 33.5 Å². The summed E-state index contributed by atoms with van der Waals surface area (Å²) in [4.78, 5) is 0. The van der Waals surface area contributed by atoms with Gasteiger partial charge in [0.15, 0.2) is 0 Å². The van der Waals surface area contributed by atoms with Crippen molar-refractivity contribution in [2.24, 2.45) is 5.92 Å². The summed E-state index contributed by atoms with van der Waals surface area (Å²) in [6.45, 7) is 2.77. The van der Waals surface area contributed by atoms with E-state index in [0.29, 0.717) is 12.5 Å². The molecule has 0 saturated carbocycles. The summed E-state index contributed by atoms with van der Waals surface area (Å²) < 4.78 is 16.4. The van der Waals surface area contributed by atoms with E-state index in [1.165, 1.54) is 0 Å². The number of aliphatic hydroxyl groups is 1. The van der Waals surface area contributed by atoms with E-state index >= 15 is 0 Å². The van der Waals surface area contributed by atoms with Crippen molar-refractivity contribution in [3.05, 3.63) is 29.3 Å². The molecule has 0 unspecified atom stereocenters. The number of aliphatic hydroxyl groups excluding tert-OH is 1. The quantitative estimate of drug-likeness (QED) is 0.842. The zero-order valence-corrected chi connectivity index (χ0v) is 12.4. The fourth-order valence-corrected chi connectivity index (χ4v) is 2.32. The van der Waals surface area contributed by atoms with Crippen LogP contribution in [-0.2, 0) is 16.1 Å². The fourth-order valence-electron chi connectivity index (χ4n) is 2.32. The first-order chi connectivity index (χ1) is 10.3. The largest absolute Gasteiger partial charge is 0.497 e. The van der Waals surface area contributed by atoms with E-state index < -0.39 is 0 Å². The van der Waals surface area contributed by atoms with Gasteiger partial charge in [0.05, 0.1) is 20.3 Å². The second-order valence-electron chi connectivity index (χ2n) is 5.05. The molecule has 1 fully saturated rings. The molecule has 1 heterocycles. The number of ether oxygens (including phenoxy) is 3. The highest BCUT2D eigenvalue weighted by molar-refractivity contribution is 5.45. The van der Waals surface area contributed by atoms with Crippen molar-refractivity contribution in [3.63, 3.8) is 0 Å². The van der Waals surface area contributed by atoms with Crippen molar-refractivity contribution in [1.29, 1.82) is 0 Å². The molecule has 114 valence electrons. The fraction of sp³-hybridized carbons (Fsp3) is 0.529. The molecule has 1 aliphatic rings. The Morgan fingerprint density at radius 2 is 2.14 bits per heavy atom. The van der Waals surface area contributed by atoms with Crippen molar-refractivity contribution in [2.45, 2.75) is 19.4 Å². The number of hydrogen-bond donors (Lipinski definition) is 1. The highest BCUT2D eigenvalue weighted by atomic mass is 16.5. The zero-order chi connectivity index (χ0) is 14.9. The van der Waals surface area contributed by atoms with Gasteiger partial charge in [0.2, 0.25) is 0 Å². The SMILES string of the molecule is COc1ccc(C#CCO)c(COCC2CCOCC2)c1. The van der Waals surface area contributed by atoms with Crippen LogP contribution in [0, 0.1) is 17.8 Å². The van der Waals surface area contributed by atoms with Crippen LogP contribution in [-0.4, -0.2) is 38.6 Å². The molecule has 21 heavy (non-hydrogen) atoms. The van der Waals surface area contributed by atoms with Crippen LogP contribution >= 0.6 is 0 Å². The monoisotopic (exact) mass is 290 g/mol. The molecule has 1 saturated heterocycles. The maximum atomic E-state index is 8.82. The maximum absolute atomic E-state index is 8.82. The number of methoxy groups -OCH3 is 1. The molecule has 0 amide bonds. The molecule has 0 atom stereocenters. The minimum Gasteiger partial charge on any atom is -0.497 e. The molecule has 4 nitrogen and oxygen atoms in total. The molecule has 4 heteroatoms. The second kappa shape index (κ2) is 8.68. The minimum atomic E-state index is -0.144. The summed E-state index contributed by atoms with van der Waals surface area (Å²) >= 11 is 0. The van der Waals surface area contributed by atoms with Crippen LogP contribution in [0.4, 0.5) is 0 Å².